The number of hydrogen-bond donors (Lipinski definition) is 3. The number of phenolic OH excluding ortho intramolecular Hbond substituents is 2. The van der Waals surface area contributed by atoms with E-state index in [0.717, 1.165) is 27.1 Å². The number of fused-ring (bicyclic) bond motifs is 2. The van der Waals surface area contributed by atoms with Crippen molar-refractivity contribution < 1.29 is 20.1 Å². The molecule has 0 spiro atoms. The van der Waals surface area contributed by atoms with E-state index >= 15 is 0 Å². The van der Waals surface area contributed by atoms with Gasteiger partial charge in [-0.1, -0.05) is 54.6 Å². The third kappa shape index (κ3) is 3.06. The van der Waals surface area contributed by atoms with Gasteiger partial charge in [-0.25, -0.2) is 0 Å². The molecule has 0 fully saturated rings. The highest BCUT2D eigenvalue weighted by atomic mass is 16.4. The Hall–Kier alpha value is -3.53. The zero-order valence-electron chi connectivity index (χ0n) is 14.5. The number of benzene rings is 4. The standard InChI is InChI=1S/C23H18O4/c24-19-10-7-15-3-1-2-4-17(15)22(19)23-18-9-5-14(6-12-21(26)27)13-16(18)8-11-20(23)25/h1-5,7-11,13,24-25H,6,12H2,(H,26,27). The van der Waals surface area contributed by atoms with E-state index in [0.29, 0.717) is 17.5 Å². The Labute approximate surface area is 155 Å². The summed E-state index contributed by atoms with van der Waals surface area (Å²) in [5.74, 6) is -0.638. The molecule has 0 aromatic heterocycles. The molecule has 3 N–H and O–H groups in total. The molecule has 134 valence electrons. The second-order valence-electron chi connectivity index (χ2n) is 6.59. The molecule has 0 unspecified atom stereocenters. The van der Waals surface area contributed by atoms with Crippen LogP contribution >= 0.6 is 0 Å². The molecular formula is C23H18O4. The molecule has 0 saturated heterocycles. The fraction of sp³-hybridized carbons (Fsp3) is 0.0870. The summed E-state index contributed by atoms with van der Waals surface area (Å²) in [6.45, 7) is 0. The first-order valence-corrected chi connectivity index (χ1v) is 8.72. The van der Waals surface area contributed by atoms with Crippen molar-refractivity contribution in [1.82, 2.24) is 0 Å². The molecule has 0 radical (unpaired) electrons. The van der Waals surface area contributed by atoms with Crippen molar-refractivity contribution in [2.75, 3.05) is 0 Å². The number of aromatic hydroxyl groups is 2. The van der Waals surface area contributed by atoms with E-state index in [1.807, 2.05) is 48.5 Å². The predicted octanol–water partition coefficient (Wildman–Crippen LogP) is 5.09. The highest BCUT2D eigenvalue weighted by Crippen LogP contribution is 2.44. The number of carboxylic acid groups (broad SMARTS) is 1. The second kappa shape index (κ2) is 6.65. The minimum absolute atomic E-state index is 0.0700. The van der Waals surface area contributed by atoms with Gasteiger partial charge in [-0.15, -0.1) is 0 Å². The van der Waals surface area contributed by atoms with Gasteiger partial charge < -0.3 is 15.3 Å². The van der Waals surface area contributed by atoms with Gasteiger partial charge in [-0.05, 0) is 45.7 Å². The molecule has 4 aromatic rings. The molecule has 0 saturated carbocycles. The van der Waals surface area contributed by atoms with Gasteiger partial charge in [0.15, 0.2) is 0 Å². The lowest BCUT2D eigenvalue weighted by molar-refractivity contribution is -0.136. The summed E-state index contributed by atoms with van der Waals surface area (Å²) >= 11 is 0. The topological polar surface area (TPSA) is 77.8 Å². The molecule has 0 heterocycles. The van der Waals surface area contributed by atoms with Crippen LogP contribution in [0.15, 0.2) is 66.7 Å². The lowest BCUT2D eigenvalue weighted by Gasteiger charge is -2.14. The van der Waals surface area contributed by atoms with Gasteiger partial charge in [0.2, 0.25) is 0 Å². The zero-order chi connectivity index (χ0) is 19.0. The van der Waals surface area contributed by atoms with Gasteiger partial charge in [0, 0.05) is 17.5 Å². The summed E-state index contributed by atoms with van der Waals surface area (Å²) < 4.78 is 0. The molecule has 0 aliphatic rings. The molecule has 0 atom stereocenters. The fourth-order valence-electron chi connectivity index (χ4n) is 3.56. The number of phenols is 2. The maximum Gasteiger partial charge on any atom is 0.303 e. The van der Waals surface area contributed by atoms with Gasteiger partial charge in [0.25, 0.3) is 0 Å². The predicted molar refractivity (Wildman–Crippen MR) is 106 cm³/mol. The number of hydrogen-bond acceptors (Lipinski definition) is 3. The third-order valence-electron chi connectivity index (χ3n) is 4.85. The highest BCUT2D eigenvalue weighted by molar-refractivity contribution is 6.09. The summed E-state index contributed by atoms with van der Waals surface area (Å²) in [5, 5.41) is 33.6. The van der Waals surface area contributed by atoms with Crippen molar-refractivity contribution in [1.29, 1.82) is 0 Å². The van der Waals surface area contributed by atoms with Crippen LogP contribution < -0.4 is 0 Å². The molecule has 0 amide bonds. The van der Waals surface area contributed by atoms with Crippen molar-refractivity contribution in [3.8, 4) is 22.6 Å². The maximum atomic E-state index is 10.8. The van der Waals surface area contributed by atoms with Crippen LogP contribution in [0.3, 0.4) is 0 Å². The largest absolute Gasteiger partial charge is 0.507 e. The number of carbonyl (C=O) groups is 1. The van der Waals surface area contributed by atoms with E-state index in [1.54, 1.807) is 18.2 Å². The number of carboxylic acids is 1. The average molecular weight is 358 g/mol. The maximum absolute atomic E-state index is 10.8. The van der Waals surface area contributed by atoms with Crippen LogP contribution in [-0.2, 0) is 11.2 Å². The quantitative estimate of drug-likeness (QED) is 0.475. The number of rotatable bonds is 4. The Balaban J connectivity index is 1.96. The van der Waals surface area contributed by atoms with Gasteiger partial charge in [-0.2, -0.15) is 0 Å². The molecular weight excluding hydrogens is 340 g/mol. The number of aryl methyl sites for hydroxylation is 1. The van der Waals surface area contributed by atoms with Crippen LogP contribution in [0, 0.1) is 0 Å². The summed E-state index contributed by atoms with van der Waals surface area (Å²) in [7, 11) is 0. The molecule has 0 aliphatic heterocycles. The molecule has 4 aromatic carbocycles. The first-order chi connectivity index (χ1) is 13.0. The van der Waals surface area contributed by atoms with Crippen LogP contribution in [0.4, 0.5) is 0 Å². The first kappa shape index (κ1) is 16.9. The van der Waals surface area contributed by atoms with Gasteiger partial charge in [0.1, 0.15) is 11.5 Å². The lowest BCUT2D eigenvalue weighted by Crippen LogP contribution is -1.97. The molecule has 0 aliphatic carbocycles. The van der Waals surface area contributed by atoms with Crippen LogP contribution in [0.5, 0.6) is 11.5 Å². The Morgan fingerprint density at radius 3 is 2.07 bits per heavy atom. The Morgan fingerprint density at radius 2 is 1.37 bits per heavy atom. The van der Waals surface area contributed by atoms with E-state index < -0.39 is 5.97 Å². The minimum atomic E-state index is -0.831. The third-order valence-corrected chi connectivity index (χ3v) is 4.85. The van der Waals surface area contributed by atoms with E-state index in [2.05, 4.69) is 0 Å². The SMILES string of the molecule is O=C(O)CCc1ccc2c(-c3c(O)ccc4ccccc34)c(O)ccc2c1. The summed E-state index contributed by atoms with van der Waals surface area (Å²) in [5.41, 5.74) is 2.09. The van der Waals surface area contributed by atoms with E-state index in [1.165, 1.54) is 0 Å². The molecule has 4 heteroatoms. The van der Waals surface area contributed by atoms with Gasteiger partial charge >= 0.3 is 5.97 Å². The Bertz CT molecular complexity index is 1180. The Kier molecular flexibility index (Phi) is 4.16. The van der Waals surface area contributed by atoms with Crippen molar-refractivity contribution in [2.24, 2.45) is 0 Å². The van der Waals surface area contributed by atoms with Crippen LogP contribution in [0.2, 0.25) is 0 Å². The molecule has 27 heavy (non-hydrogen) atoms. The summed E-state index contributed by atoms with van der Waals surface area (Å²) in [6, 6.07) is 20.3. The monoisotopic (exact) mass is 358 g/mol. The van der Waals surface area contributed by atoms with Crippen molar-refractivity contribution >= 4 is 27.5 Å². The van der Waals surface area contributed by atoms with Crippen molar-refractivity contribution in [2.45, 2.75) is 12.8 Å². The zero-order valence-corrected chi connectivity index (χ0v) is 14.5. The molecule has 4 nitrogen and oxygen atoms in total. The normalized spacial score (nSPS) is 11.1. The van der Waals surface area contributed by atoms with Gasteiger partial charge in [-0.3, -0.25) is 4.79 Å². The highest BCUT2D eigenvalue weighted by Gasteiger charge is 2.16. The summed E-state index contributed by atoms with van der Waals surface area (Å²) in [6.07, 6.45) is 0.515. The smallest absolute Gasteiger partial charge is 0.303 e. The first-order valence-electron chi connectivity index (χ1n) is 8.72. The van der Waals surface area contributed by atoms with Crippen molar-refractivity contribution in [3.63, 3.8) is 0 Å². The van der Waals surface area contributed by atoms with E-state index in [-0.39, 0.29) is 17.9 Å². The Morgan fingerprint density at radius 1 is 0.741 bits per heavy atom. The average Bonchev–Trinajstić information content (AvgIpc) is 2.67. The molecule has 4 rings (SSSR count). The van der Waals surface area contributed by atoms with Crippen LogP contribution in [0.1, 0.15) is 12.0 Å². The number of aliphatic carboxylic acids is 1. The summed E-state index contributed by atoms with van der Waals surface area (Å²) in [4.78, 5) is 10.8. The minimum Gasteiger partial charge on any atom is -0.507 e. The lowest BCUT2D eigenvalue weighted by atomic mass is 9.91. The van der Waals surface area contributed by atoms with E-state index in [4.69, 9.17) is 5.11 Å². The van der Waals surface area contributed by atoms with Gasteiger partial charge in [0.05, 0.1) is 0 Å². The van der Waals surface area contributed by atoms with Crippen LogP contribution in [0.25, 0.3) is 32.7 Å². The second-order valence-corrected chi connectivity index (χ2v) is 6.59. The molecule has 0 bridgehead atoms. The van der Waals surface area contributed by atoms with E-state index in [9.17, 15) is 15.0 Å². The van der Waals surface area contributed by atoms with Crippen LogP contribution in [-0.4, -0.2) is 21.3 Å². The van der Waals surface area contributed by atoms with Crippen molar-refractivity contribution in [3.05, 3.63) is 72.3 Å². The fourth-order valence-corrected chi connectivity index (χ4v) is 3.56.